The summed E-state index contributed by atoms with van der Waals surface area (Å²) in [6.45, 7) is 3.92. The van der Waals surface area contributed by atoms with Crippen LogP contribution in [0.4, 0.5) is 0 Å². The Hall–Kier alpha value is -2.98. The van der Waals surface area contributed by atoms with Crippen LogP contribution >= 0.6 is 0 Å². The quantitative estimate of drug-likeness (QED) is 0.257. The number of imide groups is 1. The summed E-state index contributed by atoms with van der Waals surface area (Å²) < 4.78 is 0. The Morgan fingerprint density at radius 1 is 0.686 bits per heavy atom. The zero-order chi connectivity index (χ0) is 24.0. The topological polar surface area (TPSA) is 40.6 Å². The Morgan fingerprint density at radius 2 is 1.34 bits per heavy atom. The molecule has 1 saturated heterocycles. The monoisotopic (exact) mass is 468 g/mol. The largest absolute Gasteiger partial charge is 0.303 e. The molecule has 35 heavy (non-hydrogen) atoms. The molecule has 0 spiro atoms. The number of carbonyl (C=O) groups is 2. The fourth-order valence-corrected chi connectivity index (χ4v) is 5.79. The Labute approximate surface area is 208 Å². The molecule has 2 heterocycles. The van der Waals surface area contributed by atoms with E-state index in [9.17, 15) is 9.59 Å². The lowest BCUT2D eigenvalue weighted by molar-refractivity contribution is 0.0605. The van der Waals surface area contributed by atoms with Crippen LogP contribution in [0.25, 0.3) is 10.8 Å². The molecule has 2 amide bonds. The number of nitrogens with zero attached hydrogens (tertiary/aromatic N) is 2. The lowest BCUT2D eigenvalue weighted by atomic mass is 9.91. The zero-order valence-electron chi connectivity index (χ0n) is 20.6. The highest BCUT2D eigenvalue weighted by Crippen LogP contribution is 2.30. The van der Waals surface area contributed by atoms with Crippen molar-refractivity contribution in [1.82, 2.24) is 9.80 Å². The van der Waals surface area contributed by atoms with Gasteiger partial charge in [-0.25, -0.2) is 0 Å². The van der Waals surface area contributed by atoms with E-state index in [-0.39, 0.29) is 11.8 Å². The molecule has 0 aliphatic carbocycles. The summed E-state index contributed by atoms with van der Waals surface area (Å²) in [4.78, 5) is 30.1. The van der Waals surface area contributed by atoms with Crippen LogP contribution in [0.1, 0.15) is 71.2 Å². The average Bonchev–Trinajstić information content (AvgIpc) is 2.90. The first-order valence-corrected chi connectivity index (χ1v) is 13.3. The SMILES string of the molecule is O=C1c2cccc3cccc(c23)C(=O)N1CCCCN1CCC(CCCCc2ccccc2)CC1. The zero-order valence-corrected chi connectivity index (χ0v) is 20.6. The van der Waals surface area contributed by atoms with E-state index in [0.717, 1.165) is 36.1 Å². The standard InChI is InChI=1S/C31H36N2O2/c34-30-27-16-8-14-26-15-9-17-28(29(26)27)31(35)33(30)21-7-6-20-32-22-18-25(19-23-32)13-5-4-12-24-10-2-1-3-11-24/h1-3,8-11,14-17,25H,4-7,12-13,18-23H2. The second-order valence-electron chi connectivity index (χ2n) is 10.2. The third-order valence-electron chi connectivity index (χ3n) is 7.84. The van der Waals surface area contributed by atoms with E-state index < -0.39 is 0 Å². The summed E-state index contributed by atoms with van der Waals surface area (Å²) in [5.41, 5.74) is 2.77. The van der Waals surface area contributed by atoms with Crippen molar-refractivity contribution in [2.75, 3.05) is 26.2 Å². The maximum absolute atomic E-state index is 13.0. The highest BCUT2D eigenvalue weighted by molar-refractivity contribution is 6.25. The van der Waals surface area contributed by atoms with E-state index in [1.54, 1.807) is 0 Å². The lowest BCUT2D eigenvalue weighted by Crippen LogP contribution is -2.41. The van der Waals surface area contributed by atoms with E-state index >= 15 is 0 Å². The molecule has 2 aliphatic heterocycles. The molecule has 0 aromatic heterocycles. The summed E-state index contributed by atoms with van der Waals surface area (Å²) >= 11 is 0. The maximum atomic E-state index is 13.0. The van der Waals surface area contributed by atoms with Gasteiger partial charge >= 0.3 is 0 Å². The molecule has 4 nitrogen and oxygen atoms in total. The van der Waals surface area contributed by atoms with Gasteiger partial charge in [0.15, 0.2) is 0 Å². The Bertz CT molecular complexity index is 1110. The minimum absolute atomic E-state index is 0.146. The maximum Gasteiger partial charge on any atom is 0.261 e. The molecular weight excluding hydrogens is 432 g/mol. The molecule has 2 aliphatic rings. The van der Waals surface area contributed by atoms with Gasteiger partial charge in [0.1, 0.15) is 0 Å². The first-order valence-electron chi connectivity index (χ1n) is 13.3. The fraction of sp³-hybridized carbons (Fsp3) is 0.419. The molecule has 3 aromatic rings. The third-order valence-corrected chi connectivity index (χ3v) is 7.84. The number of unbranched alkanes of at least 4 members (excludes halogenated alkanes) is 2. The first-order chi connectivity index (χ1) is 17.2. The van der Waals surface area contributed by atoms with E-state index in [4.69, 9.17) is 0 Å². The van der Waals surface area contributed by atoms with Crippen LogP contribution < -0.4 is 0 Å². The first kappa shape index (κ1) is 23.7. The van der Waals surface area contributed by atoms with Crippen molar-refractivity contribution in [2.45, 2.75) is 51.4 Å². The number of likely N-dealkylation sites (tertiary alicyclic amines) is 1. The van der Waals surface area contributed by atoms with Gasteiger partial charge in [0.2, 0.25) is 0 Å². The summed E-state index contributed by atoms with van der Waals surface area (Å²) in [6.07, 6.45) is 9.64. The van der Waals surface area contributed by atoms with Gasteiger partial charge in [-0.05, 0) is 87.2 Å². The van der Waals surface area contributed by atoms with Crippen molar-refractivity contribution < 1.29 is 9.59 Å². The highest BCUT2D eigenvalue weighted by atomic mass is 16.2. The predicted octanol–water partition coefficient (Wildman–Crippen LogP) is 6.34. The Balaban J connectivity index is 1.01. The van der Waals surface area contributed by atoms with Crippen molar-refractivity contribution in [3.05, 3.63) is 83.4 Å². The van der Waals surface area contributed by atoms with E-state index in [1.807, 2.05) is 36.4 Å². The third kappa shape index (κ3) is 5.48. The van der Waals surface area contributed by atoms with Crippen LogP contribution in [0, 0.1) is 5.92 Å². The van der Waals surface area contributed by atoms with Gasteiger partial charge < -0.3 is 4.90 Å². The second-order valence-corrected chi connectivity index (χ2v) is 10.2. The molecule has 5 rings (SSSR count). The van der Waals surface area contributed by atoms with Crippen molar-refractivity contribution >= 4 is 22.6 Å². The summed E-state index contributed by atoms with van der Waals surface area (Å²) in [6, 6.07) is 22.2. The molecule has 0 radical (unpaired) electrons. The van der Waals surface area contributed by atoms with Crippen LogP contribution in [0.2, 0.25) is 0 Å². The summed E-state index contributed by atoms with van der Waals surface area (Å²) in [5.74, 6) is 0.577. The molecule has 0 bridgehead atoms. The van der Waals surface area contributed by atoms with E-state index in [2.05, 4.69) is 35.2 Å². The number of amides is 2. The molecule has 0 saturated carbocycles. The van der Waals surface area contributed by atoms with Gasteiger partial charge in [0.05, 0.1) is 0 Å². The molecule has 4 heteroatoms. The number of hydrogen-bond acceptors (Lipinski definition) is 3. The number of aryl methyl sites for hydroxylation is 1. The van der Waals surface area contributed by atoms with Gasteiger partial charge in [0.25, 0.3) is 11.8 Å². The van der Waals surface area contributed by atoms with E-state index in [0.29, 0.717) is 17.7 Å². The van der Waals surface area contributed by atoms with Crippen LogP contribution in [0.5, 0.6) is 0 Å². The van der Waals surface area contributed by atoms with Gasteiger partial charge in [0, 0.05) is 23.1 Å². The van der Waals surface area contributed by atoms with Crippen LogP contribution in [0.3, 0.4) is 0 Å². The number of piperidine rings is 1. The fourth-order valence-electron chi connectivity index (χ4n) is 5.79. The van der Waals surface area contributed by atoms with E-state index in [1.165, 1.54) is 62.1 Å². The molecule has 3 aromatic carbocycles. The summed E-state index contributed by atoms with van der Waals surface area (Å²) in [5, 5.41) is 1.77. The smallest absolute Gasteiger partial charge is 0.261 e. The molecular formula is C31H36N2O2. The average molecular weight is 469 g/mol. The van der Waals surface area contributed by atoms with Crippen LogP contribution in [-0.4, -0.2) is 47.8 Å². The van der Waals surface area contributed by atoms with Crippen molar-refractivity contribution in [1.29, 1.82) is 0 Å². The molecule has 182 valence electrons. The number of benzene rings is 3. The molecule has 0 atom stereocenters. The van der Waals surface area contributed by atoms with Gasteiger partial charge in [-0.1, -0.05) is 67.4 Å². The number of carbonyl (C=O) groups excluding carboxylic acids is 2. The number of hydrogen-bond donors (Lipinski definition) is 0. The van der Waals surface area contributed by atoms with Crippen molar-refractivity contribution in [3.8, 4) is 0 Å². The minimum atomic E-state index is -0.146. The van der Waals surface area contributed by atoms with Crippen LogP contribution in [-0.2, 0) is 6.42 Å². The molecule has 0 unspecified atom stereocenters. The van der Waals surface area contributed by atoms with Gasteiger partial charge in [-0.15, -0.1) is 0 Å². The van der Waals surface area contributed by atoms with Gasteiger partial charge in [-0.3, -0.25) is 14.5 Å². The Kier molecular flexibility index (Phi) is 7.58. The molecule has 1 fully saturated rings. The van der Waals surface area contributed by atoms with Crippen molar-refractivity contribution in [2.24, 2.45) is 5.92 Å². The van der Waals surface area contributed by atoms with Gasteiger partial charge in [-0.2, -0.15) is 0 Å². The minimum Gasteiger partial charge on any atom is -0.303 e. The van der Waals surface area contributed by atoms with Crippen molar-refractivity contribution in [3.63, 3.8) is 0 Å². The normalized spacial score (nSPS) is 16.9. The Morgan fingerprint density at radius 3 is 2.03 bits per heavy atom. The van der Waals surface area contributed by atoms with Crippen LogP contribution in [0.15, 0.2) is 66.7 Å². The number of rotatable bonds is 10. The lowest BCUT2D eigenvalue weighted by Gasteiger charge is -2.32. The second kappa shape index (κ2) is 11.2. The molecule has 0 N–H and O–H groups in total. The highest BCUT2D eigenvalue weighted by Gasteiger charge is 2.32. The predicted molar refractivity (Wildman–Crippen MR) is 142 cm³/mol. The summed E-state index contributed by atoms with van der Waals surface area (Å²) in [7, 11) is 0.